The van der Waals surface area contributed by atoms with Crippen molar-refractivity contribution in [3.8, 4) is 11.5 Å². The molecule has 4 atom stereocenters. The minimum absolute atomic E-state index is 0.365. The molecule has 1 aliphatic rings. The quantitative estimate of drug-likeness (QED) is 0.274. The van der Waals surface area contributed by atoms with Crippen LogP contribution in [0.4, 0.5) is 11.4 Å². The van der Waals surface area contributed by atoms with E-state index in [1.807, 2.05) is 13.8 Å². The fraction of sp³-hybridized carbons (Fsp3) is 0.323. The minimum atomic E-state index is -1.72. The zero-order chi connectivity index (χ0) is 28.9. The Labute approximate surface area is 242 Å². The monoisotopic (exact) mass is 608 g/mol. The zero-order valence-corrected chi connectivity index (χ0v) is 24.2. The molecule has 0 saturated heterocycles. The van der Waals surface area contributed by atoms with Crippen LogP contribution in [0.5, 0.6) is 11.5 Å². The molecule has 8 nitrogen and oxygen atoms in total. The average Bonchev–Trinajstić information content (AvgIpc) is 2.90. The molecule has 0 aromatic heterocycles. The maximum absolute atomic E-state index is 14.0. The van der Waals surface area contributed by atoms with Gasteiger partial charge in [0.1, 0.15) is 23.2 Å². The van der Waals surface area contributed by atoms with Crippen molar-refractivity contribution >= 4 is 44.9 Å². The van der Waals surface area contributed by atoms with E-state index in [-0.39, 0.29) is 6.42 Å². The Hall–Kier alpha value is -3.69. The lowest BCUT2D eigenvalue weighted by Gasteiger charge is -2.44. The van der Waals surface area contributed by atoms with Gasteiger partial charge in [0.2, 0.25) is 11.8 Å². The van der Waals surface area contributed by atoms with Gasteiger partial charge in [-0.25, -0.2) is 0 Å². The first kappa shape index (κ1) is 29.3. The summed E-state index contributed by atoms with van der Waals surface area (Å²) in [6.45, 7) is 5.93. The van der Waals surface area contributed by atoms with Gasteiger partial charge in [-0.3, -0.25) is 14.4 Å². The molecule has 0 radical (unpaired) electrons. The predicted octanol–water partition coefficient (Wildman–Crippen LogP) is 5.56. The van der Waals surface area contributed by atoms with Gasteiger partial charge in [0.15, 0.2) is 0 Å². The van der Waals surface area contributed by atoms with Gasteiger partial charge in [0, 0.05) is 16.8 Å². The topological polar surface area (TPSA) is 114 Å². The van der Waals surface area contributed by atoms with E-state index in [1.165, 1.54) is 6.92 Å². The second kappa shape index (κ2) is 12.7. The second-order valence-corrected chi connectivity index (χ2v) is 10.8. The summed E-state index contributed by atoms with van der Waals surface area (Å²) in [6.07, 6.45) is -0.365. The number of nitrogens with one attached hydrogen (secondary N) is 2. The minimum Gasteiger partial charge on any atom is -0.492 e. The average molecular weight is 610 g/mol. The van der Waals surface area contributed by atoms with Gasteiger partial charge < -0.3 is 25.2 Å². The maximum Gasteiger partial charge on any atom is 0.235 e. The Morgan fingerprint density at radius 3 is 1.90 bits per heavy atom. The number of carbonyl (C=O) groups is 3. The number of para-hydroxylation sites is 4. The first-order valence-electron chi connectivity index (χ1n) is 13.2. The molecule has 1 aliphatic carbocycles. The number of carbonyl (C=O) groups excluding carboxylic acids is 3. The van der Waals surface area contributed by atoms with Crippen molar-refractivity contribution in [2.24, 2.45) is 11.8 Å². The zero-order valence-electron chi connectivity index (χ0n) is 22.6. The van der Waals surface area contributed by atoms with Crippen LogP contribution >= 0.6 is 15.9 Å². The number of halogens is 1. The molecular weight excluding hydrogens is 576 g/mol. The number of hydrogen-bond donors (Lipinski definition) is 3. The van der Waals surface area contributed by atoms with E-state index < -0.39 is 41.0 Å². The standard InChI is InChI=1S/C31H33BrN2O6/c1-4-39-24-12-8-6-10-21(24)33-29(36)27-23(35)18-31(3,38)28(26(27)19-14-16-20(32)17-15-19)30(37)34-22-11-7-9-13-25(22)40-5-2/h6-17,26-28,38H,4-5,18H2,1-3H3,(H,33,36)(H,34,37). The SMILES string of the molecule is CCOc1ccccc1NC(=O)C1C(=O)CC(C)(O)C(C(=O)Nc2ccccc2OCC)C1c1ccc(Br)cc1. The van der Waals surface area contributed by atoms with Crippen LogP contribution in [0.3, 0.4) is 0 Å². The number of ketones is 1. The predicted molar refractivity (Wildman–Crippen MR) is 157 cm³/mol. The number of anilines is 2. The van der Waals surface area contributed by atoms with Crippen LogP contribution in [0, 0.1) is 11.8 Å². The number of Topliss-reactive ketones (excluding diaryl/α,β-unsaturated/α-hetero) is 1. The van der Waals surface area contributed by atoms with Gasteiger partial charge in [0.25, 0.3) is 0 Å². The molecule has 4 unspecified atom stereocenters. The van der Waals surface area contributed by atoms with E-state index in [2.05, 4.69) is 26.6 Å². The van der Waals surface area contributed by atoms with Gasteiger partial charge in [-0.1, -0.05) is 52.3 Å². The highest BCUT2D eigenvalue weighted by Crippen LogP contribution is 2.47. The number of hydrogen-bond acceptors (Lipinski definition) is 6. The largest absolute Gasteiger partial charge is 0.492 e. The normalized spacial score (nSPS) is 22.3. The molecule has 3 aromatic rings. The number of benzene rings is 3. The third-order valence-electron chi connectivity index (χ3n) is 6.98. The Kier molecular flexibility index (Phi) is 9.27. The summed E-state index contributed by atoms with van der Waals surface area (Å²) in [4.78, 5) is 41.4. The molecule has 3 aromatic carbocycles. The van der Waals surface area contributed by atoms with Crippen molar-refractivity contribution in [2.45, 2.75) is 38.7 Å². The lowest BCUT2D eigenvalue weighted by Crippen LogP contribution is -2.56. The second-order valence-electron chi connectivity index (χ2n) is 9.87. The van der Waals surface area contributed by atoms with E-state index in [9.17, 15) is 19.5 Å². The molecule has 0 bridgehead atoms. The molecule has 0 aliphatic heterocycles. The number of rotatable bonds is 9. The van der Waals surface area contributed by atoms with Crippen LogP contribution in [0.15, 0.2) is 77.3 Å². The van der Waals surface area contributed by atoms with E-state index in [1.54, 1.807) is 72.8 Å². The molecule has 210 valence electrons. The lowest BCUT2D eigenvalue weighted by atomic mass is 9.61. The molecule has 3 N–H and O–H groups in total. The molecular formula is C31H33BrN2O6. The third kappa shape index (κ3) is 6.37. The highest BCUT2D eigenvalue weighted by Gasteiger charge is 2.56. The maximum atomic E-state index is 14.0. The highest BCUT2D eigenvalue weighted by atomic mass is 79.9. The smallest absolute Gasteiger partial charge is 0.235 e. The molecule has 2 amide bonds. The molecule has 1 saturated carbocycles. The van der Waals surface area contributed by atoms with Gasteiger partial charge >= 0.3 is 0 Å². The third-order valence-corrected chi connectivity index (χ3v) is 7.51. The highest BCUT2D eigenvalue weighted by molar-refractivity contribution is 9.10. The van der Waals surface area contributed by atoms with Crippen LogP contribution in [0.2, 0.25) is 0 Å². The van der Waals surface area contributed by atoms with Crippen LogP contribution < -0.4 is 20.1 Å². The van der Waals surface area contributed by atoms with Crippen LogP contribution in [-0.4, -0.2) is 41.5 Å². The van der Waals surface area contributed by atoms with Crippen molar-refractivity contribution < 1.29 is 29.0 Å². The fourth-order valence-electron chi connectivity index (χ4n) is 5.30. The Bertz CT molecular complexity index is 1370. The van der Waals surface area contributed by atoms with Gasteiger partial charge in [-0.15, -0.1) is 0 Å². The summed E-state index contributed by atoms with van der Waals surface area (Å²) in [5.41, 5.74) is -0.295. The van der Waals surface area contributed by atoms with Crippen molar-refractivity contribution in [1.29, 1.82) is 0 Å². The first-order valence-corrected chi connectivity index (χ1v) is 14.0. The lowest BCUT2D eigenvalue weighted by molar-refractivity contribution is -0.150. The van der Waals surface area contributed by atoms with Crippen molar-refractivity contribution in [3.63, 3.8) is 0 Å². The van der Waals surface area contributed by atoms with Crippen molar-refractivity contribution in [3.05, 3.63) is 82.8 Å². The molecule has 0 spiro atoms. The molecule has 9 heteroatoms. The van der Waals surface area contributed by atoms with E-state index in [0.717, 1.165) is 4.47 Å². The van der Waals surface area contributed by atoms with Crippen LogP contribution in [0.25, 0.3) is 0 Å². The number of ether oxygens (including phenoxy) is 2. The van der Waals surface area contributed by atoms with E-state index >= 15 is 0 Å². The summed E-state index contributed by atoms with van der Waals surface area (Å²) in [6, 6.07) is 21.0. The number of amides is 2. The van der Waals surface area contributed by atoms with Gasteiger partial charge in [0.05, 0.1) is 36.1 Å². The molecule has 1 fully saturated rings. The Balaban J connectivity index is 1.76. The summed E-state index contributed by atoms with van der Waals surface area (Å²) in [5.74, 6) is -3.94. The van der Waals surface area contributed by atoms with Crippen molar-refractivity contribution in [2.75, 3.05) is 23.8 Å². The molecule has 0 heterocycles. The Morgan fingerprint density at radius 2 is 1.38 bits per heavy atom. The Morgan fingerprint density at radius 1 is 0.875 bits per heavy atom. The van der Waals surface area contributed by atoms with E-state index in [4.69, 9.17) is 9.47 Å². The van der Waals surface area contributed by atoms with Gasteiger partial charge in [-0.2, -0.15) is 0 Å². The first-order chi connectivity index (χ1) is 19.2. The van der Waals surface area contributed by atoms with Crippen LogP contribution in [-0.2, 0) is 14.4 Å². The van der Waals surface area contributed by atoms with Crippen molar-refractivity contribution in [1.82, 2.24) is 0 Å². The summed E-state index contributed by atoms with van der Waals surface area (Å²) in [5, 5.41) is 17.3. The van der Waals surface area contributed by atoms with Gasteiger partial charge in [-0.05, 0) is 62.7 Å². The fourth-order valence-corrected chi connectivity index (χ4v) is 5.56. The summed E-state index contributed by atoms with van der Waals surface area (Å²) < 4.78 is 12.1. The van der Waals surface area contributed by atoms with E-state index in [0.29, 0.717) is 41.7 Å². The summed E-state index contributed by atoms with van der Waals surface area (Å²) in [7, 11) is 0. The van der Waals surface area contributed by atoms with Crippen LogP contribution in [0.1, 0.15) is 38.7 Å². The number of aliphatic hydroxyl groups is 1. The molecule has 4 rings (SSSR count). The summed E-state index contributed by atoms with van der Waals surface area (Å²) >= 11 is 3.42. The molecule has 40 heavy (non-hydrogen) atoms.